The summed E-state index contributed by atoms with van der Waals surface area (Å²) < 4.78 is 5.17. The second-order valence-electron chi connectivity index (χ2n) is 4.94. The van der Waals surface area contributed by atoms with E-state index in [2.05, 4.69) is 10.2 Å². The maximum Gasteiger partial charge on any atom is 0.138 e. The van der Waals surface area contributed by atoms with E-state index in [0.29, 0.717) is 21.8 Å². The molecule has 1 atom stereocenters. The van der Waals surface area contributed by atoms with E-state index in [9.17, 15) is 0 Å². The van der Waals surface area contributed by atoms with Crippen molar-refractivity contribution in [3.63, 3.8) is 0 Å². The molecule has 0 spiro atoms. The Hall–Kier alpha value is -0.480. The highest BCUT2D eigenvalue weighted by Gasteiger charge is 2.19. The second kappa shape index (κ2) is 6.80. The molecular weight excluding hydrogens is 283 g/mol. The Morgan fingerprint density at radius 2 is 2.16 bits per heavy atom. The van der Waals surface area contributed by atoms with Gasteiger partial charge in [-0.15, -0.1) is 0 Å². The van der Waals surface area contributed by atoms with Crippen LogP contribution in [0, 0.1) is 0 Å². The molecule has 1 aromatic carbocycles. The summed E-state index contributed by atoms with van der Waals surface area (Å²) in [7, 11) is 3.62. The lowest BCUT2D eigenvalue weighted by Crippen LogP contribution is -2.43. The predicted molar refractivity (Wildman–Crippen MR) is 80.4 cm³/mol. The number of nitrogens with one attached hydrogen (secondary N) is 1. The van der Waals surface area contributed by atoms with Crippen molar-refractivity contribution in [1.29, 1.82) is 0 Å². The number of ether oxygens (including phenoxy) is 1. The van der Waals surface area contributed by atoms with Crippen LogP contribution in [-0.2, 0) is 6.54 Å². The van der Waals surface area contributed by atoms with Crippen LogP contribution in [0.4, 0.5) is 0 Å². The molecule has 19 heavy (non-hydrogen) atoms. The maximum absolute atomic E-state index is 6.29. The van der Waals surface area contributed by atoms with E-state index in [1.54, 1.807) is 13.2 Å². The normalized spacial score (nSPS) is 20.5. The molecule has 1 N–H and O–H groups in total. The molecule has 2 rings (SSSR count). The minimum Gasteiger partial charge on any atom is -0.495 e. The van der Waals surface area contributed by atoms with Crippen LogP contribution in [0.3, 0.4) is 0 Å². The van der Waals surface area contributed by atoms with Gasteiger partial charge in [-0.2, -0.15) is 0 Å². The highest BCUT2D eigenvalue weighted by molar-refractivity contribution is 6.34. The first-order chi connectivity index (χ1) is 9.13. The fourth-order valence-electron chi connectivity index (χ4n) is 2.52. The maximum atomic E-state index is 6.29. The minimum absolute atomic E-state index is 0.571. The van der Waals surface area contributed by atoms with Gasteiger partial charge in [-0.3, -0.25) is 4.90 Å². The highest BCUT2D eigenvalue weighted by atomic mass is 35.5. The number of rotatable bonds is 4. The number of halogens is 2. The number of likely N-dealkylation sites (N-methyl/N-ethyl adjacent to an activating group) is 1. The Kier molecular flexibility index (Phi) is 5.34. The molecule has 0 aromatic heterocycles. The fraction of sp³-hybridized carbons (Fsp3) is 0.571. The van der Waals surface area contributed by atoms with Gasteiger partial charge in [0.25, 0.3) is 0 Å². The zero-order chi connectivity index (χ0) is 13.8. The van der Waals surface area contributed by atoms with Crippen molar-refractivity contribution in [2.75, 3.05) is 27.2 Å². The Bertz CT molecular complexity index is 440. The Morgan fingerprint density at radius 3 is 2.84 bits per heavy atom. The summed E-state index contributed by atoms with van der Waals surface area (Å²) >= 11 is 12.4. The second-order valence-corrected chi connectivity index (χ2v) is 5.76. The van der Waals surface area contributed by atoms with E-state index in [-0.39, 0.29) is 0 Å². The van der Waals surface area contributed by atoms with Crippen molar-refractivity contribution in [1.82, 2.24) is 10.2 Å². The first-order valence-electron chi connectivity index (χ1n) is 6.55. The smallest absolute Gasteiger partial charge is 0.138 e. The summed E-state index contributed by atoms with van der Waals surface area (Å²) in [6, 6.07) is 4.27. The third kappa shape index (κ3) is 3.76. The van der Waals surface area contributed by atoms with E-state index in [1.165, 1.54) is 12.8 Å². The summed E-state index contributed by atoms with van der Waals surface area (Å²) in [6.07, 6.45) is 2.46. The van der Waals surface area contributed by atoms with E-state index >= 15 is 0 Å². The van der Waals surface area contributed by atoms with E-state index < -0.39 is 0 Å². The number of piperidine rings is 1. The summed E-state index contributed by atoms with van der Waals surface area (Å²) in [5.41, 5.74) is 1.06. The van der Waals surface area contributed by atoms with E-state index in [0.717, 1.165) is 25.2 Å². The minimum atomic E-state index is 0.571. The molecule has 0 amide bonds. The number of benzene rings is 1. The molecule has 106 valence electrons. The van der Waals surface area contributed by atoms with Crippen molar-refractivity contribution < 1.29 is 4.74 Å². The first kappa shape index (κ1) is 14.9. The number of hydrogen-bond acceptors (Lipinski definition) is 3. The van der Waals surface area contributed by atoms with Gasteiger partial charge in [-0.1, -0.05) is 23.2 Å². The Labute approximate surface area is 124 Å². The average Bonchev–Trinajstić information content (AvgIpc) is 2.42. The van der Waals surface area contributed by atoms with E-state index in [1.807, 2.05) is 13.1 Å². The van der Waals surface area contributed by atoms with Crippen LogP contribution >= 0.6 is 23.2 Å². The number of nitrogens with zero attached hydrogens (tertiary/aromatic N) is 1. The summed E-state index contributed by atoms with van der Waals surface area (Å²) in [5, 5.41) is 4.67. The fourth-order valence-corrected chi connectivity index (χ4v) is 3.00. The molecule has 1 saturated heterocycles. The zero-order valence-electron chi connectivity index (χ0n) is 11.4. The lowest BCUT2D eigenvalue weighted by atomic mass is 10.0. The molecule has 0 bridgehead atoms. The van der Waals surface area contributed by atoms with Crippen LogP contribution in [0.15, 0.2) is 12.1 Å². The molecule has 0 radical (unpaired) electrons. The van der Waals surface area contributed by atoms with Gasteiger partial charge in [0.05, 0.1) is 12.1 Å². The number of hydrogen-bond donors (Lipinski definition) is 1. The summed E-state index contributed by atoms with van der Waals surface area (Å²) in [5.74, 6) is 0.627. The number of likely N-dealkylation sites (tertiary alicyclic amines) is 1. The molecule has 1 fully saturated rings. The lowest BCUT2D eigenvalue weighted by molar-refractivity contribution is 0.188. The van der Waals surface area contributed by atoms with Crippen LogP contribution < -0.4 is 10.1 Å². The van der Waals surface area contributed by atoms with Gasteiger partial charge in [0.2, 0.25) is 0 Å². The van der Waals surface area contributed by atoms with Gasteiger partial charge < -0.3 is 10.1 Å². The summed E-state index contributed by atoms with van der Waals surface area (Å²) in [4.78, 5) is 2.41. The molecular formula is C14H20Cl2N2O. The molecule has 1 unspecified atom stereocenters. The molecule has 1 aromatic rings. The van der Waals surface area contributed by atoms with Gasteiger partial charge in [0, 0.05) is 30.2 Å². The van der Waals surface area contributed by atoms with Crippen LogP contribution in [0.25, 0.3) is 0 Å². The van der Waals surface area contributed by atoms with Gasteiger partial charge in [-0.25, -0.2) is 0 Å². The molecule has 3 nitrogen and oxygen atoms in total. The molecule has 0 aliphatic carbocycles. The van der Waals surface area contributed by atoms with Gasteiger partial charge in [0.1, 0.15) is 5.75 Å². The molecule has 1 aliphatic heterocycles. The topological polar surface area (TPSA) is 24.5 Å². The SMILES string of the molecule is CNC1CCCN(Cc2cc(Cl)c(OC)cc2Cl)C1. The Balaban J connectivity index is 2.08. The lowest BCUT2D eigenvalue weighted by Gasteiger charge is -2.32. The third-order valence-corrected chi connectivity index (χ3v) is 4.28. The van der Waals surface area contributed by atoms with Crippen molar-refractivity contribution in [2.24, 2.45) is 0 Å². The van der Waals surface area contributed by atoms with Crippen LogP contribution in [0.2, 0.25) is 10.0 Å². The standard InChI is InChI=1S/C14H20Cl2N2O/c1-17-11-4-3-5-18(9-11)8-10-6-13(16)14(19-2)7-12(10)15/h6-7,11,17H,3-5,8-9H2,1-2H3. The van der Waals surface area contributed by atoms with E-state index in [4.69, 9.17) is 27.9 Å². The van der Waals surface area contributed by atoms with Crippen molar-refractivity contribution in [3.05, 3.63) is 27.7 Å². The molecule has 1 aliphatic rings. The third-order valence-electron chi connectivity index (χ3n) is 3.63. The van der Waals surface area contributed by atoms with Gasteiger partial charge >= 0.3 is 0 Å². The molecule has 5 heteroatoms. The summed E-state index contributed by atoms with van der Waals surface area (Å²) in [6.45, 7) is 3.00. The molecule has 1 heterocycles. The number of methoxy groups -OCH3 is 1. The van der Waals surface area contributed by atoms with Gasteiger partial charge in [0.15, 0.2) is 0 Å². The first-order valence-corrected chi connectivity index (χ1v) is 7.31. The highest BCUT2D eigenvalue weighted by Crippen LogP contribution is 2.31. The zero-order valence-corrected chi connectivity index (χ0v) is 12.9. The quantitative estimate of drug-likeness (QED) is 0.924. The van der Waals surface area contributed by atoms with Crippen LogP contribution in [-0.4, -0.2) is 38.2 Å². The van der Waals surface area contributed by atoms with Crippen molar-refractivity contribution >= 4 is 23.2 Å². The van der Waals surface area contributed by atoms with Crippen molar-refractivity contribution in [2.45, 2.75) is 25.4 Å². The van der Waals surface area contributed by atoms with Crippen LogP contribution in [0.1, 0.15) is 18.4 Å². The predicted octanol–water partition coefficient (Wildman–Crippen LogP) is 3.19. The molecule has 0 saturated carbocycles. The van der Waals surface area contributed by atoms with Gasteiger partial charge in [-0.05, 0) is 38.1 Å². The largest absolute Gasteiger partial charge is 0.495 e. The van der Waals surface area contributed by atoms with Crippen LogP contribution in [0.5, 0.6) is 5.75 Å². The Morgan fingerprint density at radius 1 is 1.37 bits per heavy atom. The van der Waals surface area contributed by atoms with Crippen molar-refractivity contribution in [3.8, 4) is 5.75 Å². The monoisotopic (exact) mass is 302 g/mol. The average molecular weight is 303 g/mol.